The molecule has 2 aliphatic heterocycles. The van der Waals surface area contributed by atoms with E-state index >= 15 is 0 Å². The van der Waals surface area contributed by atoms with Gasteiger partial charge in [0, 0.05) is 64.2 Å². The Labute approximate surface area is 420 Å². The number of nitrogens with zero attached hydrogens (tertiary/aromatic N) is 4. The van der Waals surface area contributed by atoms with E-state index in [-0.39, 0.29) is 73.2 Å². The van der Waals surface area contributed by atoms with Gasteiger partial charge in [-0.05, 0) is 78.8 Å². The second-order valence-electron chi connectivity index (χ2n) is 19.3. The number of likely N-dealkylation sites (tertiary alicyclic amines) is 1. The summed E-state index contributed by atoms with van der Waals surface area (Å²) < 4.78 is 10.3. The van der Waals surface area contributed by atoms with E-state index in [0.29, 0.717) is 44.8 Å². The first-order valence-corrected chi connectivity index (χ1v) is 25.4. The number of amides is 5. The van der Waals surface area contributed by atoms with Crippen LogP contribution in [0.3, 0.4) is 0 Å². The van der Waals surface area contributed by atoms with Gasteiger partial charge in [-0.25, -0.2) is 9.78 Å². The number of unbranched alkanes of at least 4 members (excludes halogenated alkanes) is 6. The molecule has 0 aliphatic carbocycles. The molecule has 0 radical (unpaired) electrons. The van der Waals surface area contributed by atoms with Crippen LogP contribution in [0.5, 0.6) is 11.5 Å². The number of hydrogen-bond donors (Lipinski definition) is 5. The van der Waals surface area contributed by atoms with Gasteiger partial charge in [0.2, 0.25) is 23.6 Å². The quantitative estimate of drug-likeness (QED) is 0.0320. The molecule has 3 aromatic carbocycles. The average molecular weight is 996 g/mol. The molecule has 5 amide bonds. The number of carbonyl (C=O) groups is 6. The summed E-state index contributed by atoms with van der Waals surface area (Å²) in [4.78, 5) is 88.9. The highest BCUT2D eigenvalue weighted by atomic mass is 32.1. The van der Waals surface area contributed by atoms with Crippen LogP contribution >= 0.6 is 11.3 Å². The summed E-state index contributed by atoms with van der Waals surface area (Å²) in [5.41, 5.74) is 5.35. The average Bonchev–Trinajstić information content (AvgIpc) is 3.98. The third-order valence-electron chi connectivity index (χ3n) is 12.9. The topological polar surface area (TPSA) is 220 Å². The number of thiazole rings is 1. The number of aromatic nitrogens is 1. The van der Waals surface area contributed by atoms with Crippen molar-refractivity contribution in [3.05, 3.63) is 89.1 Å². The Bertz CT molecular complexity index is 2450. The first-order chi connectivity index (χ1) is 34.0. The maximum atomic E-state index is 14.0. The molecule has 17 nitrogen and oxygen atoms in total. The number of phenolic OH excluding ortho intramolecular Hbond substituents is 1. The van der Waals surface area contributed by atoms with E-state index in [1.165, 1.54) is 30.2 Å². The fourth-order valence-corrected chi connectivity index (χ4v) is 9.61. The highest BCUT2D eigenvalue weighted by Crippen LogP contribution is 2.30. The fraction of sp³-hybridized carbons (Fsp3) is 0.491. The smallest absolute Gasteiger partial charge is 0.337 e. The number of β-amino-alcohol motifs (C(OH)–C–C–N with tert-alkyl or cyclic N) is 1. The third kappa shape index (κ3) is 15.5. The summed E-state index contributed by atoms with van der Waals surface area (Å²) >= 11 is 1.58. The van der Waals surface area contributed by atoms with Gasteiger partial charge in [0.1, 0.15) is 23.6 Å². The van der Waals surface area contributed by atoms with Crippen molar-refractivity contribution in [3.8, 4) is 21.9 Å². The highest BCUT2D eigenvalue weighted by molar-refractivity contribution is 7.13. The van der Waals surface area contributed by atoms with Crippen molar-refractivity contribution < 1.29 is 48.5 Å². The number of piperazine rings is 1. The molecule has 3 heterocycles. The molecule has 71 heavy (non-hydrogen) atoms. The van der Waals surface area contributed by atoms with E-state index in [1.54, 1.807) is 23.5 Å². The zero-order chi connectivity index (χ0) is 51.1. The number of esters is 1. The number of benzene rings is 3. The summed E-state index contributed by atoms with van der Waals surface area (Å²) in [5.74, 6) is -1.59. The molecule has 2 fully saturated rings. The summed E-state index contributed by atoms with van der Waals surface area (Å²) in [7, 11) is 1.24. The Balaban J connectivity index is 0.818. The lowest BCUT2D eigenvalue weighted by Crippen LogP contribution is -2.57. The van der Waals surface area contributed by atoms with Crippen LogP contribution in [0.1, 0.15) is 107 Å². The van der Waals surface area contributed by atoms with E-state index in [2.05, 4.69) is 30.6 Å². The number of aryl methyl sites for hydroxylation is 1. The van der Waals surface area contributed by atoms with E-state index in [1.807, 2.05) is 74.5 Å². The number of anilines is 2. The van der Waals surface area contributed by atoms with Crippen LogP contribution < -0.4 is 25.6 Å². The molecule has 18 heteroatoms. The molecule has 3 atom stereocenters. The van der Waals surface area contributed by atoms with Crippen molar-refractivity contribution in [1.29, 1.82) is 0 Å². The minimum Gasteiger partial charge on any atom is -0.506 e. The van der Waals surface area contributed by atoms with Gasteiger partial charge in [-0.2, -0.15) is 0 Å². The van der Waals surface area contributed by atoms with Crippen LogP contribution in [0.15, 0.2) is 72.2 Å². The minimum atomic E-state index is -0.870. The van der Waals surface area contributed by atoms with Gasteiger partial charge < -0.3 is 50.3 Å². The van der Waals surface area contributed by atoms with Crippen molar-refractivity contribution >= 4 is 58.2 Å². The first-order valence-electron chi connectivity index (χ1n) is 24.5. The summed E-state index contributed by atoms with van der Waals surface area (Å²) in [6, 6.07) is 17.6. The Morgan fingerprint density at radius 1 is 0.845 bits per heavy atom. The van der Waals surface area contributed by atoms with Crippen molar-refractivity contribution in [2.45, 2.75) is 117 Å². The third-order valence-corrected chi connectivity index (χ3v) is 13.9. The van der Waals surface area contributed by atoms with Crippen LogP contribution in [0.25, 0.3) is 10.4 Å². The number of nitrogens with one attached hydrogen (secondary N) is 3. The van der Waals surface area contributed by atoms with Crippen molar-refractivity contribution in [1.82, 2.24) is 25.4 Å². The molecule has 2 saturated heterocycles. The fourth-order valence-electron chi connectivity index (χ4n) is 8.80. The van der Waals surface area contributed by atoms with Crippen LogP contribution in [0.2, 0.25) is 0 Å². The molecule has 5 N–H and O–H groups in total. The van der Waals surface area contributed by atoms with E-state index in [0.717, 1.165) is 65.9 Å². The maximum Gasteiger partial charge on any atom is 0.337 e. The maximum absolute atomic E-state index is 14.0. The minimum absolute atomic E-state index is 0.0184. The Hall–Kier alpha value is -6.53. The molecular formula is C53H69N7O10S. The first kappa shape index (κ1) is 53.8. The van der Waals surface area contributed by atoms with Crippen molar-refractivity contribution in [3.63, 3.8) is 0 Å². The van der Waals surface area contributed by atoms with E-state index in [9.17, 15) is 39.0 Å². The molecule has 382 valence electrons. The van der Waals surface area contributed by atoms with Crippen molar-refractivity contribution in [2.24, 2.45) is 5.41 Å². The number of aliphatic hydroxyl groups excluding tert-OH is 1. The number of phenols is 1. The van der Waals surface area contributed by atoms with Gasteiger partial charge in [0.15, 0.2) is 6.61 Å². The molecular weight excluding hydrogens is 927 g/mol. The second-order valence-corrected chi connectivity index (χ2v) is 20.2. The Morgan fingerprint density at radius 3 is 2.14 bits per heavy atom. The van der Waals surface area contributed by atoms with Crippen molar-refractivity contribution in [2.75, 3.05) is 56.7 Å². The van der Waals surface area contributed by atoms with Gasteiger partial charge in [0.25, 0.3) is 5.91 Å². The van der Waals surface area contributed by atoms with Crippen LogP contribution in [0.4, 0.5) is 11.4 Å². The number of aliphatic hydroxyl groups is 1. The van der Waals surface area contributed by atoms with Gasteiger partial charge in [0.05, 0.1) is 40.5 Å². The molecule has 0 spiro atoms. The van der Waals surface area contributed by atoms with Gasteiger partial charge in [-0.15, -0.1) is 11.3 Å². The number of rotatable bonds is 22. The molecule has 2 aliphatic rings. The number of hydrogen-bond acceptors (Lipinski definition) is 13. The molecule has 6 rings (SSSR count). The predicted molar refractivity (Wildman–Crippen MR) is 272 cm³/mol. The lowest BCUT2D eigenvalue weighted by molar-refractivity contribution is -0.144. The van der Waals surface area contributed by atoms with Crippen LogP contribution in [-0.2, 0) is 35.3 Å². The number of methoxy groups -OCH3 is 1. The molecule has 1 aromatic heterocycles. The zero-order valence-corrected chi connectivity index (χ0v) is 42.4. The van der Waals surface area contributed by atoms with Gasteiger partial charge >= 0.3 is 5.97 Å². The van der Waals surface area contributed by atoms with E-state index in [4.69, 9.17) is 4.74 Å². The molecule has 4 aromatic rings. The lowest BCUT2D eigenvalue weighted by atomic mass is 9.85. The second kappa shape index (κ2) is 25.5. The SMILES string of the molecule is COC(=O)c1ccc(O)c(NC(=O)COc2ccc(N3CCN(C(=O)CCCCCCCCCC(=O)N[C@H](C(=O)N4C[C@H](O)C[C@H]4C(=O)NCc4ccc(-c5scnc5C)cc4)C(C)(C)C)CC3)cc2)c1. The molecule has 0 unspecified atom stereocenters. The number of ether oxygens (including phenoxy) is 2. The van der Waals surface area contributed by atoms with Gasteiger partial charge in [-0.1, -0.05) is 77.1 Å². The number of carbonyl (C=O) groups excluding carboxylic acids is 6. The summed E-state index contributed by atoms with van der Waals surface area (Å²) in [6.07, 6.45) is 6.36. The van der Waals surface area contributed by atoms with Crippen LogP contribution in [0, 0.1) is 12.3 Å². The lowest BCUT2D eigenvalue weighted by Gasteiger charge is -2.36. The Kier molecular flexibility index (Phi) is 19.4. The van der Waals surface area contributed by atoms with Gasteiger partial charge in [-0.3, -0.25) is 24.0 Å². The van der Waals surface area contributed by atoms with E-state index < -0.39 is 35.5 Å². The van der Waals surface area contributed by atoms with Crippen LogP contribution in [-0.4, -0.2) is 125 Å². The largest absolute Gasteiger partial charge is 0.506 e. The monoisotopic (exact) mass is 995 g/mol. The Morgan fingerprint density at radius 2 is 1.51 bits per heavy atom. The molecule has 0 saturated carbocycles. The molecule has 0 bridgehead atoms. The summed E-state index contributed by atoms with van der Waals surface area (Å²) in [6.45, 7) is 10.2. The zero-order valence-electron chi connectivity index (χ0n) is 41.5. The normalized spacial score (nSPS) is 16.3. The standard InChI is InChI=1S/C53H69N7O10S/c1-35-48(71-34-55-35)37-17-15-36(16-18-37)31-54-50(66)43-30-40(61)32-60(43)51(67)49(53(2,3)4)57-45(63)13-11-9-7-6-8-10-12-14-47(65)59-27-25-58(26-28-59)39-20-22-41(23-21-39)70-33-46(64)56-42-29-38(52(68)69-5)19-24-44(42)62/h15-24,29,34,40,43,49,61-62H,6-14,25-28,30-33H2,1-5H3,(H,54,66)(H,56,64)(H,57,63)/t40-,43+,49-/m1/s1. The number of aromatic hydroxyl groups is 1. The summed E-state index contributed by atoms with van der Waals surface area (Å²) in [5, 5.41) is 29.1. The predicted octanol–water partition coefficient (Wildman–Crippen LogP) is 6.60. The highest BCUT2D eigenvalue weighted by Gasteiger charge is 2.44.